The Morgan fingerprint density at radius 3 is 2.93 bits per heavy atom. The van der Waals surface area contributed by atoms with Crippen LogP contribution in [0.5, 0.6) is 0 Å². The van der Waals surface area contributed by atoms with Crippen LogP contribution in [-0.4, -0.2) is 29.7 Å². The lowest BCUT2D eigenvalue weighted by molar-refractivity contribution is 0.304. The van der Waals surface area contributed by atoms with Gasteiger partial charge < -0.3 is 9.88 Å². The zero-order valence-corrected chi connectivity index (χ0v) is 8.28. The fourth-order valence-electron chi connectivity index (χ4n) is 1.93. The lowest BCUT2D eigenvalue weighted by Gasteiger charge is -2.37. The SMILES string of the molecule is FCC1CN(c2nc3ccccc3[nH]2)C1. The van der Waals surface area contributed by atoms with Gasteiger partial charge in [-0.2, -0.15) is 0 Å². The number of fused-ring (bicyclic) bond motifs is 1. The lowest BCUT2D eigenvalue weighted by atomic mass is 10.0. The number of rotatable bonds is 2. The summed E-state index contributed by atoms with van der Waals surface area (Å²) in [6, 6.07) is 7.91. The monoisotopic (exact) mass is 205 g/mol. The van der Waals surface area contributed by atoms with Gasteiger partial charge in [0.15, 0.2) is 0 Å². The highest BCUT2D eigenvalue weighted by Crippen LogP contribution is 2.24. The van der Waals surface area contributed by atoms with E-state index in [1.807, 2.05) is 24.3 Å². The van der Waals surface area contributed by atoms with E-state index in [0.29, 0.717) is 0 Å². The summed E-state index contributed by atoms with van der Waals surface area (Å²) in [6.07, 6.45) is 0. The second kappa shape index (κ2) is 3.22. The molecule has 0 amide bonds. The van der Waals surface area contributed by atoms with Crippen molar-refractivity contribution in [2.75, 3.05) is 24.7 Å². The molecule has 3 nitrogen and oxygen atoms in total. The molecule has 1 N–H and O–H groups in total. The molecule has 0 saturated carbocycles. The van der Waals surface area contributed by atoms with E-state index in [-0.39, 0.29) is 12.6 Å². The quantitative estimate of drug-likeness (QED) is 0.812. The van der Waals surface area contributed by atoms with Gasteiger partial charge in [0.2, 0.25) is 5.95 Å². The molecule has 0 atom stereocenters. The summed E-state index contributed by atoms with van der Waals surface area (Å²) in [5, 5.41) is 0. The third kappa shape index (κ3) is 1.37. The van der Waals surface area contributed by atoms with Crippen LogP contribution in [0.4, 0.5) is 10.3 Å². The average molecular weight is 205 g/mol. The van der Waals surface area contributed by atoms with Gasteiger partial charge in [-0.05, 0) is 12.1 Å². The maximum absolute atomic E-state index is 12.3. The number of aromatic amines is 1. The lowest BCUT2D eigenvalue weighted by Crippen LogP contribution is -2.48. The van der Waals surface area contributed by atoms with Crippen molar-refractivity contribution >= 4 is 17.0 Å². The summed E-state index contributed by atoms with van der Waals surface area (Å²) >= 11 is 0. The first kappa shape index (κ1) is 8.71. The molecule has 0 aliphatic carbocycles. The summed E-state index contributed by atoms with van der Waals surface area (Å²) < 4.78 is 12.3. The van der Waals surface area contributed by atoms with Crippen molar-refractivity contribution in [1.82, 2.24) is 9.97 Å². The van der Waals surface area contributed by atoms with Gasteiger partial charge >= 0.3 is 0 Å². The Morgan fingerprint density at radius 1 is 1.40 bits per heavy atom. The zero-order valence-electron chi connectivity index (χ0n) is 8.28. The first-order valence-electron chi connectivity index (χ1n) is 5.12. The number of para-hydroxylation sites is 2. The van der Waals surface area contributed by atoms with Crippen molar-refractivity contribution in [2.45, 2.75) is 0 Å². The van der Waals surface area contributed by atoms with Crippen LogP contribution >= 0.6 is 0 Å². The number of anilines is 1. The Kier molecular flexibility index (Phi) is 1.87. The topological polar surface area (TPSA) is 31.9 Å². The van der Waals surface area contributed by atoms with Crippen molar-refractivity contribution in [3.63, 3.8) is 0 Å². The third-order valence-corrected chi connectivity index (χ3v) is 2.85. The number of imidazole rings is 1. The fraction of sp³-hybridized carbons (Fsp3) is 0.364. The van der Waals surface area contributed by atoms with Gasteiger partial charge in [0.25, 0.3) is 0 Å². The number of nitrogens with zero attached hydrogens (tertiary/aromatic N) is 2. The van der Waals surface area contributed by atoms with Crippen LogP contribution in [0.3, 0.4) is 0 Å². The van der Waals surface area contributed by atoms with E-state index in [9.17, 15) is 4.39 Å². The Morgan fingerprint density at radius 2 is 2.20 bits per heavy atom. The molecule has 1 fully saturated rings. The molecule has 1 aromatic heterocycles. The Labute approximate surface area is 86.9 Å². The maximum atomic E-state index is 12.3. The smallest absolute Gasteiger partial charge is 0.203 e. The minimum Gasteiger partial charge on any atom is -0.342 e. The second-order valence-electron chi connectivity index (χ2n) is 4.00. The van der Waals surface area contributed by atoms with Crippen molar-refractivity contribution in [3.05, 3.63) is 24.3 Å². The average Bonchev–Trinajstić information content (AvgIpc) is 2.59. The number of nitrogens with one attached hydrogen (secondary N) is 1. The first-order chi connectivity index (χ1) is 7.36. The van der Waals surface area contributed by atoms with Crippen LogP contribution in [0.2, 0.25) is 0 Å². The van der Waals surface area contributed by atoms with E-state index >= 15 is 0 Å². The molecule has 1 aliphatic heterocycles. The Hall–Kier alpha value is -1.58. The van der Waals surface area contributed by atoms with Crippen molar-refractivity contribution in [1.29, 1.82) is 0 Å². The van der Waals surface area contributed by atoms with Crippen LogP contribution in [0, 0.1) is 5.92 Å². The van der Waals surface area contributed by atoms with E-state index in [2.05, 4.69) is 14.9 Å². The van der Waals surface area contributed by atoms with E-state index in [1.54, 1.807) is 0 Å². The summed E-state index contributed by atoms with van der Waals surface area (Å²) in [7, 11) is 0. The summed E-state index contributed by atoms with van der Waals surface area (Å²) in [6.45, 7) is 1.32. The number of halogens is 1. The van der Waals surface area contributed by atoms with E-state index in [0.717, 1.165) is 30.1 Å². The van der Waals surface area contributed by atoms with Gasteiger partial charge in [-0.15, -0.1) is 0 Å². The molecule has 78 valence electrons. The standard InChI is InChI=1S/C11H12FN3/c12-5-8-6-15(7-8)11-13-9-3-1-2-4-10(9)14-11/h1-4,8H,5-7H2,(H,13,14). The fourth-order valence-corrected chi connectivity index (χ4v) is 1.93. The highest BCUT2D eigenvalue weighted by Gasteiger charge is 2.28. The highest BCUT2D eigenvalue weighted by molar-refractivity contribution is 5.77. The van der Waals surface area contributed by atoms with E-state index < -0.39 is 0 Å². The summed E-state index contributed by atoms with van der Waals surface area (Å²) in [4.78, 5) is 9.76. The van der Waals surface area contributed by atoms with Gasteiger partial charge in [-0.1, -0.05) is 12.1 Å². The Bertz CT molecular complexity index is 440. The molecule has 0 spiro atoms. The first-order valence-corrected chi connectivity index (χ1v) is 5.12. The number of hydrogen-bond donors (Lipinski definition) is 1. The van der Waals surface area contributed by atoms with Crippen molar-refractivity contribution < 1.29 is 4.39 Å². The number of H-pyrrole nitrogens is 1. The number of hydrogen-bond acceptors (Lipinski definition) is 2. The van der Waals surface area contributed by atoms with Crippen LogP contribution in [0.25, 0.3) is 11.0 Å². The zero-order chi connectivity index (χ0) is 10.3. The third-order valence-electron chi connectivity index (χ3n) is 2.85. The molecule has 0 unspecified atom stereocenters. The summed E-state index contributed by atoms with van der Waals surface area (Å²) in [5.74, 6) is 1.05. The minimum absolute atomic E-state index is 0.193. The molecular weight excluding hydrogens is 193 g/mol. The molecule has 3 rings (SSSR count). The van der Waals surface area contributed by atoms with Gasteiger partial charge in [-0.3, -0.25) is 4.39 Å². The second-order valence-corrected chi connectivity index (χ2v) is 4.00. The molecule has 1 aromatic carbocycles. The molecule has 1 aliphatic rings. The van der Waals surface area contributed by atoms with Crippen molar-refractivity contribution in [3.8, 4) is 0 Å². The summed E-state index contributed by atoms with van der Waals surface area (Å²) in [5.41, 5.74) is 2.01. The molecule has 1 saturated heterocycles. The molecule has 0 bridgehead atoms. The predicted octanol–water partition coefficient (Wildman–Crippen LogP) is 1.97. The number of aromatic nitrogens is 2. The molecule has 2 aromatic rings. The number of benzene rings is 1. The maximum Gasteiger partial charge on any atom is 0.203 e. The van der Waals surface area contributed by atoms with Gasteiger partial charge in [0.05, 0.1) is 17.7 Å². The van der Waals surface area contributed by atoms with Crippen LogP contribution < -0.4 is 4.90 Å². The molecule has 15 heavy (non-hydrogen) atoms. The number of alkyl halides is 1. The van der Waals surface area contributed by atoms with Crippen LogP contribution in [0.15, 0.2) is 24.3 Å². The largest absolute Gasteiger partial charge is 0.342 e. The highest BCUT2D eigenvalue weighted by atomic mass is 19.1. The normalized spacial score (nSPS) is 17.0. The molecular formula is C11H12FN3. The van der Waals surface area contributed by atoms with E-state index in [1.165, 1.54) is 0 Å². The van der Waals surface area contributed by atoms with Gasteiger partial charge in [0.1, 0.15) is 0 Å². The van der Waals surface area contributed by atoms with Crippen LogP contribution in [0.1, 0.15) is 0 Å². The van der Waals surface area contributed by atoms with Gasteiger partial charge in [0, 0.05) is 19.0 Å². The molecule has 2 heterocycles. The molecule has 4 heteroatoms. The van der Waals surface area contributed by atoms with E-state index in [4.69, 9.17) is 0 Å². The predicted molar refractivity (Wildman–Crippen MR) is 57.8 cm³/mol. The van der Waals surface area contributed by atoms with Crippen LogP contribution in [-0.2, 0) is 0 Å². The molecule has 0 radical (unpaired) electrons. The Balaban J connectivity index is 1.87. The van der Waals surface area contributed by atoms with Crippen molar-refractivity contribution in [2.24, 2.45) is 5.92 Å². The van der Waals surface area contributed by atoms with Gasteiger partial charge in [-0.25, -0.2) is 4.98 Å². The minimum atomic E-state index is -0.225.